The van der Waals surface area contributed by atoms with Crippen LogP contribution < -0.4 is 0 Å². The summed E-state index contributed by atoms with van der Waals surface area (Å²) < 4.78 is 32.9. The Kier molecular flexibility index (Phi) is 2.47. The Labute approximate surface area is 42.9 Å². The number of hydrogen-bond donors (Lipinski definition) is 1. The third-order valence-electron chi connectivity index (χ3n) is 0.471. The van der Waals surface area contributed by atoms with Gasteiger partial charge in [0.2, 0.25) is 6.10 Å². The number of hydrogen-bond acceptors (Lipinski definition) is 2. The summed E-state index contributed by atoms with van der Waals surface area (Å²) in [5.74, 6) is 0. The fourth-order valence-electron chi connectivity index (χ4n) is 0.0991. The molecule has 0 fully saturated rings. The zero-order valence-corrected chi connectivity index (χ0v) is 3.64. The highest BCUT2D eigenvalue weighted by Gasteiger charge is 2.24. The number of carbonyl (C=O) groups is 1. The van der Waals surface area contributed by atoms with Crippen molar-refractivity contribution in [1.29, 1.82) is 0 Å². The van der Waals surface area contributed by atoms with Crippen molar-refractivity contribution in [3.8, 4) is 0 Å². The predicted octanol–water partition coefficient (Wildman–Crippen LogP) is 0.109. The number of rotatable bonds is 2. The molecule has 0 saturated carbocycles. The lowest BCUT2D eigenvalue weighted by molar-refractivity contribution is -0.146. The molecule has 0 aliphatic carbocycles. The molecule has 1 atom stereocenters. The Morgan fingerprint density at radius 3 is 1.88 bits per heavy atom. The molecule has 0 aromatic rings. The predicted molar refractivity (Wildman–Crippen MR) is 18.1 cm³/mol. The van der Waals surface area contributed by atoms with Crippen LogP contribution in [0.15, 0.2) is 0 Å². The molecule has 1 unspecified atom stereocenters. The highest BCUT2D eigenvalue weighted by Crippen LogP contribution is 2.00. The zero-order valence-electron chi connectivity index (χ0n) is 3.64. The van der Waals surface area contributed by atoms with Gasteiger partial charge >= 0.3 is 6.04 Å². The summed E-state index contributed by atoms with van der Waals surface area (Å²) in [7, 11) is 0. The van der Waals surface area contributed by atoms with E-state index in [1.54, 1.807) is 0 Å². The Morgan fingerprint density at radius 2 is 1.88 bits per heavy atom. The maximum atomic E-state index is 11.0. The highest BCUT2D eigenvalue weighted by atomic mass is 19.3. The Balaban J connectivity index is 3.64. The molecular formula is C3H3F3O2. The first-order valence-electron chi connectivity index (χ1n) is 1.71. The van der Waals surface area contributed by atoms with Crippen LogP contribution in [-0.2, 0) is 4.79 Å². The summed E-state index contributed by atoms with van der Waals surface area (Å²) in [6.45, 7) is 0. The maximum absolute atomic E-state index is 11.0. The van der Waals surface area contributed by atoms with Crippen molar-refractivity contribution in [2.24, 2.45) is 0 Å². The molecule has 0 aliphatic heterocycles. The van der Waals surface area contributed by atoms with E-state index in [-0.39, 0.29) is 0 Å². The molecule has 0 saturated heterocycles. The van der Waals surface area contributed by atoms with Crippen LogP contribution in [0.5, 0.6) is 0 Å². The van der Waals surface area contributed by atoms with Crippen molar-refractivity contribution in [3.05, 3.63) is 0 Å². The average Bonchev–Trinajstić information content (AvgIpc) is 1.64. The second-order valence-corrected chi connectivity index (χ2v) is 1.08. The molecule has 0 bridgehead atoms. The molecule has 2 nitrogen and oxygen atoms in total. The first kappa shape index (κ1) is 7.42. The van der Waals surface area contributed by atoms with E-state index in [0.717, 1.165) is 0 Å². The summed E-state index contributed by atoms with van der Waals surface area (Å²) in [6.07, 6.45) is -6.09. The first-order valence-corrected chi connectivity index (χ1v) is 1.71. The van der Waals surface area contributed by atoms with Crippen LogP contribution in [0.25, 0.3) is 0 Å². The molecule has 0 heterocycles. The molecule has 0 radical (unpaired) electrons. The van der Waals surface area contributed by atoms with E-state index in [1.165, 1.54) is 0 Å². The van der Waals surface area contributed by atoms with Gasteiger partial charge < -0.3 is 5.11 Å². The minimum Gasteiger partial charge on any atom is -0.377 e. The quantitative estimate of drug-likeness (QED) is 0.536. The summed E-state index contributed by atoms with van der Waals surface area (Å²) >= 11 is 0. The van der Waals surface area contributed by atoms with Crippen molar-refractivity contribution in [2.75, 3.05) is 0 Å². The van der Waals surface area contributed by atoms with E-state index in [0.29, 0.717) is 0 Å². The Bertz CT molecular complexity index is 92.5. The van der Waals surface area contributed by atoms with Crippen LogP contribution in [0.3, 0.4) is 0 Å². The first-order chi connectivity index (χ1) is 3.55. The van der Waals surface area contributed by atoms with Gasteiger partial charge in [-0.2, -0.15) is 4.39 Å². The van der Waals surface area contributed by atoms with Crippen LogP contribution in [0.1, 0.15) is 0 Å². The number of alkyl halides is 2. The smallest absolute Gasteiger partial charge is 0.335 e. The van der Waals surface area contributed by atoms with Gasteiger partial charge in [0.1, 0.15) is 0 Å². The summed E-state index contributed by atoms with van der Waals surface area (Å²) in [4.78, 5) is 9.19. The number of aliphatic hydroxyl groups excluding tert-OH is 1. The van der Waals surface area contributed by atoms with Crippen LogP contribution in [0.4, 0.5) is 13.2 Å². The molecule has 0 amide bonds. The SMILES string of the molecule is O=C(F)C(O)C(F)F. The van der Waals surface area contributed by atoms with Crippen LogP contribution in [-0.4, -0.2) is 23.7 Å². The van der Waals surface area contributed by atoms with Gasteiger partial charge in [-0.15, -0.1) is 0 Å². The minimum absolute atomic E-state index is 2.40. The molecule has 0 aromatic heterocycles. The molecule has 1 N–H and O–H groups in total. The summed E-state index contributed by atoms with van der Waals surface area (Å²) in [5, 5.41) is 7.73. The van der Waals surface area contributed by atoms with Crippen molar-refractivity contribution in [2.45, 2.75) is 12.5 Å². The summed E-state index contributed by atoms with van der Waals surface area (Å²) in [6, 6.07) is -2.40. The zero-order chi connectivity index (χ0) is 6.73. The largest absolute Gasteiger partial charge is 0.377 e. The van der Waals surface area contributed by atoms with E-state index in [2.05, 4.69) is 0 Å². The Morgan fingerprint density at radius 1 is 1.50 bits per heavy atom. The van der Waals surface area contributed by atoms with Crippen LogP contribution in [0.2, 0.25) is 0 Å². The molecule has 0 rings (SSSR count). The lowest BCUT2D eigenvalue weighted by atomic mass is 10.4. The van der Waals surface area contributed by atoms with Gasteiger partial charge in [0, 0.05) is 0 Å². The second kappa shape index (κ2) is 2.66. The lowest BCUT2D eigenvalue weighted by Gasteiger charge is -1.98. The van der Waals surface area contributed by atoms with E-state index in [1.807, 2.05) is 0 Å². The van der Waals surface area contributed by atoms with Crippen LogP contribution in [0, 0.1) is 0 Å². The number of carbonyl (C=O) groups excluding carboxylic acids is 1. The van der Waals surface area contributed by atoms with Crippen molar-refractivity contribution >= 4 is 6.04 Å². The van der Waals surface area contributed by atoms with E-state index >= 15 is 0 Å². The molecule has 5 heteroatoms. The van der Waals surface area contributed by atoms with E-state index in [4.69, 9.17) is 5.11 Å². The van der Waals surface area contributed by atoms with Crippen molar-refractivity contribution < 1.29 is 23.1 Å². The minimum atomic E-state index is -3.33. The standard InChI is InChI=1S/C3H3F3O2/c4-2(5)1(7)3(6)8/h1-2,7H. The number of halogens is 3. The molecule has 0 aromatic carbocycles. The van der Waals surface area contributed by atoms with Crippen LogP contribution >= 0.6 is 0 Å². The van der Waals surface area contributed by atoms with E-state index in [9.17, 15) is 18.0 Å². The average molecular weight is 128 g/mol. The molecule has 8 heavy (non-hydrogen) atoms. The van der Waals surface area contributed by atoms with Crippen molar-refractivity contribution in [1.82, 2.24) is 0 Å². The van der Waals surface area contributed by atoms with Gasteiger partial charge in [-0.25, -0.2) is 8.78 Å². The van der Waals surface area contributed by atoms with Gasteiger partial charge in [-0.3, -0.25) is 4.79 Å². The van der Waals surface area contributed by atoms with Gasteiger partial charge in [0.15, 0.2) is 0 Å². The topological polar surface area (TPSA) is 37.3 Å². The molecular weight excluding hydrogens is 125 g/mol. The molecule has 48 valence electrons. The number of aliphatic hydroxyl groups is 1. The third kappa shape index (κ3) is 1.92. The fourth-order valence-corrected chi connectivity index (χ4v) is 0.0991. The van der Waals surface area contributed by atoms with E-state index < -0.39 is 18.6 Å². The monoisotopic (exact) mass is 128 g/mol. The maximum Gasteiger partial charge on any atom is 0.335 e. The van der Waals surface area contributed by atoms with Gasteiger partial charge in [0.05, 0.1) is 0 Å². The van der Waals surface area contributed by atoms with Crippen molar-refractivity contribution in [3.63, 3.8) is 0 Å². The van der Waals surface area contributed by atoms with Gasteiger partial charge in [-0.1, -0.05) is 0 Å². The second-order valence-electron chi connectivity index (χ2n) is 1.08. The highest BCUT2D eigenvalue weighted by molar-refractivity contribution is 5.73. The normalized spacial score (nSPS) is 14.1. The lowest BCUT2D eigenvalue weighted by Crippen LogP contribution is -2.24. The molecule has 0 aliphatic rings. The van der Waals surface area contributed by atoms with Gasteiger partial charge in [-0.05, 0) is 0 Å². The van der Waals surface area contributed by atoms with Gasteiger partial charge in [0.25, 0.3) is 6.43 Å². The fraction of sp³-hybridized carbons (Fsp3) is 0.667. The molecule has 0 spiro atoms. The third-order valence-corrected chi connectivity index (χ3v) is 0.471. The summed E-state index contributed by atoms with van der Waals surface area (Å²) in [5.41, 5.74) is 0. The Hall–Kier alpha value is -0.580.